The molecule has 2 N–H and O–H groups in total. The lowest BCUT2D eigenvalue weighted by Gasteiger charge is -2.09. The molecule has 88 valence electrons. The molecule has 1 aliphatic rings. The zero-order valence-electron chi connectivity index (χ0n) is 9.74. The van der Waals surface area contributed by atoms with Crippen molar-refractivity contribution in [1.29, 1.82) is 0 Å². The van der Waals surface area contributed by atoms with Crippen molar-refractivity contribution >= 4 is 10.8 Å². The summed E-state index contributed by atoms with van der Waals surface area (Å²) in [6.07, 6.45) is 4.44. The molecule has 3 heteroatoms. The van der Waals surface area contributed by atoms with E-state index in [-0.39, 0.29) is 6.04 Å². The number of nitrogens with two attached hydrogens (primary N) is 1. The molecule has 0 radical (unpaired) electrons. The van der Waals surface area contributed by atoms with Crippen molar-refractivity contribution in [1.82, 2.24) is 0 Å². The van der Waals surface area contributed by atoms with Crippen molar-refractivity contribution in [3.63, 3.8) is 0 Å². The summed E-state index contributed by atoms with van der Waals surface area (Å²) in [6.45, 7) is 2.03. The molecule has 0 aromatic heterocycles. The molecule has 0 spiro atoms. The van der Waals surface area contributed by atoms with E-state index in [0.717, 1.165) is 17.7 Å². The van der Waals surface area contributed by atoms with Crippen molar-refractivity contribution in [2.75, 3.05) is 5.75 Å². The van der Waals surface area contributed by atoms with Gasteiger partial charge >= 0.3 is 0 Å². The lowest BCUT2D eigenvalue weighted by Crippen LogP contribution is -2.26. The van der Waals surface area contributed by atoms with Crippen LogP contribution < -0.4 is 5.73 Å². The first-order valence-corrected chi connectivity index (χ1v) is 7.28. The van der Waals surface area contributed by atoms with Crippen LogP contribution in [0.2, 0.25) is 0 Å². The Balaban J connectivity index is 2.12. The predicted octanol–water partition coefficient (Wildman–Crippen LogP) is 2.02. The van der Waals surface area contributed by atoms with E-state index in [9.17, 15) is 4.21 Å². The average Bonchev–Trinajstić information content (AvgIpc) is 2.75. The zero-order chi connectivity index (χ0) is 11.5. The Hall–Kier alpha value is -0.670. The van der Waals surface area contributed by atoms with Crippen molar-refractivity contribution in [3.05, 3.63) is 29.3 Å². The van der Waals surface area contributed by atoms with Gasteiger partial charge in [-0.25, -0.2) is 0 Å². The maximum atomic E-state index is 12.0. The summed E-state index contributed by atoms with van der Waals surface area (Å²) < 4.78 is 12.0. The van der Waals surface area contributed by atoms with Crippen LogP contribution in [0.15, 0.2) is 23.1 Å². The normalized spacial score (nSPS) is 18.1. The number of hydrogen-bond acceptors (Lipinski definition) is 2. The van der Waals surface area contributed by atoms with Gasteiger partial charge in [-0.1, -0.05) is 13.0 Å². The van der Waals surface area contributed by atoms with Crippen LogP contribution in [0.4, 0.5) is 0 Å². The maximum Gasteiger partial charge on any atom is 0.0545 e. The van der Waals surface area contributed by atoms with Gasteiger partial charge in [0, 0.05) is 16.7 Å². The first kappa shape index (κ1) is 11.8. The Morgan fingerprint density at radius 2 is 2.12 bits per heavy atom. The van der Waals surface area contributed by atoms with Gasteiger partial charge in [0.15, 0.2) is 0 Å². The van der Waals surface area contributed by atoms with Gasteiger partial charge < -0.3 is 5.73 Å². The summed E-state index contributed by atoms with van der Waals surface area (Å²) in [6, 6.07) is 6.30. The van der Waals surface area contributed by atoms with Crippen molar-refractivity contribution in [2.45, 2.75) is 43.5 Å². The number of hydrogen-bond donors (Lipinski definition) is 1. The Labute approximate surface area is 99.7 Å². The standard InChI is InChI=1S/C13H19NOS/c1-2-12(14)9-16(15)13-7-6-10-4-3-5-11(10)8-13/h6-8,12H,2-5,9,14H2,1H3. The summed E-state index contributed by atoms with van der Waals surface area (Å²) in [4.78, 5) is 0.949. The fourth-order valence-electron chi connectivity index (χ4n) is 2.10. The van der Waals surface area contributed by atoms with E-state index >= 15 is 0 Å². The highest BCUT2D eigenvalue weighted by Crippen LogP contribution is 2.24. The van der Waals surface area contributed by atoms with E-state index in [2.05, 4.69) is 12.1 Å². The molecule has 0 saturated carbocycles. The molecule has 0 bridgehead atoms. The molecule has 1 aromatic carbocycles. The van der Waals surface area contributed by atoms with Crippen LogP contribution in [0.25, 0.3) is 0 Å². The van der Waals surface area contributed by atoms with Gasteiger partial charge in [0.1, 0.15) is 0 Å². The molecular formula is C13H19NOS. The largest absolute Gasteiger partial charge is 0.327 e. The SMILES string of the molecule is CCC(N)CS(=O)c1ccc2c(c1)CCC2. The summed E-state index contributed by atoms with van der Waals surface area (Å²) in [7, 11) is -0.931. The number of benzene rings is 1. The molecular weight excluding hydrogens is 218 g/mol. The minimum absolute atomic E-state index is 0.0501. The summed E-state index contributed by atoms with van der Waals surface area (Å²) in [5, 5.41) is 0. The van der Waals surface area contributed by atoms with E-state index in [4.69, 9.17) is 5.73 Å². The van der Waals surface area contributed by atoms with Crippen molar-refractivity contribution < 1.29 is 4.21 Å². The van der Waals surface area contributed by atoms with Crippen LogP contribution in [0, 0.1) is 0 Å². The molecule has 0 fully saturated rings. The van der Waals surface area contributed by atoms with E-state index in [1.165, 1.54) is 24.0 Å². The summed E-state index contributed by atoms with van der Waals surface area (Å²) in [5.74, 6) is 0.579. The third-order valence-electron chi connectivity index (χ3n) is 3.22. The minimum atomic E-state index is -0.931. The van der Waals surface area contributed by atoms with Gasteiger partial charge in [-0.15, -0.1) is 0 Å². The molecule has 2 nitrogen and oxygen atoms in total. The van der Waals surface area contributed by atoms with E-state index in [1.807, 2.05) is 13.0 Å². The van der Waals surface area contributed by atoms with Crippen LogP contribution in [0.5, 0.6) is 0 Å². The first-order valence-electron chi connectivity index (χ1n) is 5.96. The van der Waals surface area contributed by atoms with Gasteiger partial charge in [-0.05, 0) is 48.9 Å². The van der Waals surface area contributed by atoms with Crippen LogP contribution >= 0.6 is 0 Å². The van der Waals surface area contributed by atoms with Gasteiger partial charge in [0.25, 0.3) is 0 Å². The van der Waals surface area contributed by atoms with Crippen LogP contribution in [-0.4, -0.2) is 16.0 Å². The van der Waals surface area contributed by atoms with Gasteiger partial charge in [0.2, 0.25) is 0 Å². The van der Waals surface area contributed by atoms with Gasteiger partial charge in [-0.2, -0.15) is 0 Å². The summed E-state index contributed by atoms with van der Waals surface area (Å²) >= 11 is 0. The highest BCUT2D eigenvalue weighted by molar-refractivity contribution is 7.85. The maximum absolute atomic E-state index is 12.0. The number of aryl methyl sites for hydroxylation is 2. The molecule has 0 saturated heterocycles. The second-order valence-corrected chi connectivity index (χ2v) is 5.96. The number of fused-ring (bicyclic) bond motifs is 1. The third-order valence-corrected chi connectivity index (χ3v) is 4.73. The highest BCUT2D eigenvalue weighted by Gasteiger charge is 2.14. The van der Waals surface area contributed by atoms with Crippen molar-refractivity contribution in [3.8, 4) is 0 Å². The quantitative estimate of drug-likeness (QED) is 0.870. The average molecular weight is 237 g/mol. The zero-order valence-corrected chi connectivity index (χ0v) is 10.6. The van der Waals surface area contributed by atoms with Crippen LogP contribution in [0.1, 0.15) is 30.9 Å². The molecule has 1 aliphatic carbocycles. The lowest BCUT2D eigenvalue weighted by molar-refractivity contribution is 0.663. The molecule has 1 aromatic rings. The molecule has 2 rings (SSSR count). The molecule has 0 amide bonds. The Kier molecular flexibility index (Phi) is 3.77. The lowest BCUT2D eigenvalue weighted by atomic mass is 10.1. The Morgan fingerprint density at radius 1 is 1.38 bits per heavy atom. The van der Waals surface area contributed by atoms with E-state index < -0.39 is 10.8 Å². The second-order valence-electron chi connectivity index (χ2n) is 4.46. The third kappa shape index (κ3) is 2.53. The highest BCUT2D eigenvalue weighted by atomic mass is 32.2. The number of rotatable bonds is 4. The molecule has 2 atom stereocenters. The van der Waals surface area contributed by atoms with Gasteiger partial charge in [-0.3, -0.25) is 4.21 Å². The molecule has 16 heavy (non-hydrogen) atoms. The van der Waals surface area contributed by atoms with Gasteiger partial charge in [0.05, 0.1) is 10.8 Å². The van der Waals surface area contributed by atoms with E-state index in [1.54, 1.807) is 0 Å². The smallest absolute Gasteiger partial charge is 0.0545 e. The van der Waals surface area contributed by atoms with E-state index in [0.29, 0.717) is 5.75 Å². The minimum Gasteiger partial charge on any atom is -0.327 e. The molecule has 2 unspecified atom stereocenters. The van der Waals surface area contributed by atoms with Crippen molar-refractivity contribution in [2.24, 2.45) is 5.73 Å². The predicted molar refractivity (Wildman–Crippen MR) is 68.0 cm³/mol. The summed E-state index contributed by atoms with van der Waals surface area (Å²) in [5.41, 5.74) is 8.65. The first-order chi connectivity index (χ1) is 7.70. The van der Waals surface area contributed by atoms with Crippen LogP contribution in [0.3, 0.4) is 0 Å². The fourth-order valence-corrected chi connectivity index (χ4v) is 3.41. The molecule has 0 aliphatic heterocycles. The topological polar surface area (TPSA) is 43.1 Å². The monoisotopic (exact) mass is 237 g/mol. The fraction of sp³-hybridized carbons (Fsp3) is 0.538. The van der Waals surface area contributed by atoms with Crippen LogP contribution in [-0.2, 0) is 23.6 Å². The molecule has 0 heterocycles. The Bertz CT molecular complexity index is 403. The Morgan fingerprint density at radius 3 is 2.88 bits per heavy atom. The second kappa shape index (κ2) is 5.11.